The Morgan fingerprint density at radius 3 is 3.11 bits per heavy atom. The molecule has 0 radical (unpaired) electrons. The van der Waals surface area contributed by atoms with Crippen LogP contribution < -0.4 is 10.2 Å². The van der Waals surface area contributed by atoms with E-state index >= 15 is 0 Å². The summed E-state index contributed by atoms with van der Waals surface area (Å²) in [6.45, 7) is 9.87. The first kappa shape index (κ1) is 13.3. The van der Waals surface area contributed by atoms with Crippen molar-refractivity contribution in [1.29, 1.82) is 0 Å². The number of nitrogens with one attached hydrogen (secondary N) is 1. The second-order valence-electron chi connectivity index (χ2n) is 5.13. The largest absolute Gasteiger partial charge is 0.377 e. The minimum absolute atomic E-state index is 0.370. The molecule has 1 saturated heterocycles. The number of aryl methyl sites for hydroxylation is 1. The number of ether oxygens (including phenoxy) is 1. The van der Waals surface area contributed by atoms with Crippen LogP contribution in [0.1, 0.15) is 19.4 Å². The maximum Gasteiger partial charge on any atom is 0.131 e. The predicted molar refractivity (Wildman–Crippen MR) is 74.1 cm³/mol. The molecule has 1 unspecified atom stereocenters. The summed E-state index contributed by atoms with van der Waals surface area (Å²) >= 11 is 0. The average Bonchev–Trinajstić information content (AvgIpc) is 2.37. The molecule has 1 aromatic heterocycles. The molecule has 0 spiro atoms. The Bertz CT molecular complexity index is 381. The first-order chi connectivity index (χ1) is 8.68. The SMILES string of the molecule is Cc1cccnc1N1CCOCC1CNC(C)C. The molecule has 1 N–H and O–H groups in total. The maximum atomic E-state index is 5.60. The van der Waals surface area contributed by atoms with Crippen molar-refractivity contribution in [2.75, 3.05) is 31.2 Å². The van der Waals surface area contributed by atoms with Gasteiger partial charge in [-0.2, -0.15) is 0 Å². The van der Waals surface area contributed by atoms with Crippen molar-refractivity contribution in [2.45, 2.75) is 32.9 Å². The van der Waals surface area contributed by atoms with Crippen molar-refractivity contribution < 1.29 is 4.74 Å². The number of pyridine rings is 1. The molecule has 18 heavy (non-hydrogen) atoms. The Hall–Kier alpha value is -1.13. The summed E-state index contributed by atoms with van der Waals surface area (Å²) in [5, 5.41) is 3.48. The molecule has 0 amide bonds. The minimum Gasteiger partial charge on any atom is -0.377 e. The normalized spacial score (nSPS) is 20.4. The van der Waals surface area contributed by atoms with Crippen molar-refractivity contribution >= 4 is 5.82 Å². The zero-order valence-electron chi connectivity index (χ0n) is 11.5. The summed E-state index contributed by atoms with van der Waals surface area (Å²) in [6.07, 6.45) is 1.87. The van der Waals surface area contributed by atoms with Crippen LogP contribution in [-0.4, -0.2) is 43.4 Å². The minimum atomic E-state index is 0.370. The number of hydrogen-bond acceptors (Lipinski definition) is 4. The lowest BCUT2D eigenvalue weighted by atomic mass is 10.1. The van der Waals surface area contributed by atoms with Gasteiger partial charge in [0.15, 0.2) is 0 Å². The molecular formula is C14H23N3O. The van der Waals surface area contributed by atoms with E-state index in [1.54, 1.807) is 0 Å². The highest BCUT2D eigenvalue weighted by Gasteiger charge is 2.24. The van der Waals surface area contributed by atoms with Crippen molar-refractivity contribution in [3.8, 4) is 0 Å². The van der Waals surface area contributed by atoms with Gasteiger partial charge in [0.05, 0.1) is 19.3 Å². The summed E-state index contributed by atoms with van der Waals surface area (Å²) in [4.78, 5) is 6.89. The van der Waals surface area contributed by atoms with Crippen molar-refractivity contribution in [1.82, 2.24) is 10.3 Å². The lowest BCUT2D eigenvalue weighted by Crippen LogP contribution is -2.52. The van der Waals surface area contributed by atoms with Gasteiger partial charge in [0.25, 0.3) is 0 Å². The third-order valence-electron chi connectivity index (χ3n) is 3.24. The molecule has 4 nitrogen and oxygen atoms in total. The zero-order valence-corrected chi connectivity index (χ0v) is 11.5. The van der Waals surface area contributed by atoms with Crippen LogP contribution in [0, 0.1) is 6.92 Å². The maximum absolute atomic E-state index is 5.60. The van der Waals surface area contributed by atoms with E-state index in [2.05, 4.69) is 42.0 Å². The number of nitrogens with zero attached hydrogens (tertiary/aromatic N) is 2. The Morgan fingerprint density at radius 1 is 1.56 bits per heavy atom. The number of aromatic nitrogens is 1. The number of rotatable bonds is 4. The molecule has 100 valence electrons. The number of morpholine rings is 1. The molecular weight excluding hydrogens is 226 g/mol. The fourth-order valence-corrected chi connectivity index (χ4v) is 2.25. The Balaban J connectivity index is 2.10. The van der Waals surface area contributed by atoms with Crippen LogP contribution in [-0.2, 0) is 4.74 Å². The van der Waals surface area contributed by atoms with Crippen LogP contribution in [0.15, 0.2) is 18.3 Å². The van der Waals surface area contributed by atoms with E-state index in [-0.39, 0.29) is 0 Å². The van der Waals surface area contributed by atoms with Crippen LogP contribution in [0.5, 0.6) is 0 Å². The molecule has 0 saturated carbocycles. The van der Waals surface area contributed by atoms with Crippen LogP contribution in [0.2, 0.25) is 0 Å². The van der Waals surface area contributed by atoms with Crippen LogP contribution in [0.4, 0.5) is 5.82 Å². The molecule has 1 aliphatic heterocycles. The molecule has 1 aliphatic rings. The van der Waals surface area contributed by atoms with E-state index in [9.17, 15) is 0 Å². The van der Waals surface area contributed by atoms with Gasteiger partial charge < -0.3 is 15.0 Å². The van der Waals surface area contributed by atoms with Gasteiger partial charge in [-0.05, 0) is 18.6 Å². The zero-order chi connectivity index (χ0) is 13.0. The summed E-state index contributed by atoms with van der Waals surface area (Å²) in [5.74, 6) is 1.09. The van der Waals surface area contributed by atoms with Gasteiger partial charge in [0.2, 0.25) is 0 Å². The van der Waals surface area contributed by atoms with Gasteiger partial charge >= 0.3 is 0 Å². The number of anilines is 1. The van der Waals surface area contributed by atoms with E-state index in [1.165, 1.54) is 5.56 Å². The van der Waals surface area contributed by atoms with E-state index in [1.807, 2.05) is 12.3 Å². The number of hydrogen-bond donors (Lipinski definition) is 1. The third kappa shape index (κ3) is 3.21. The molecule has 1 atom stereocenters. The highest BCUT2D eigenvalue weighted by Crippen LogP contribution is 2.20. The fourth-order valence-electron chi connectivity index (χ4n) is 2.25. The first-order valence-corrected chi connectivity index (χ1v) is 6.68. The molecule has 0 aliphatic carbocycles. The smallest absolute Gasteiger partial charge is 0.131 e. The van der Waals surface area contributed by atoms with Gasteiger partial charge in [-0.25, -0.2) is 4.98 Å². The van der Waals surface area contributed by atoms with Crippen molar-refractivity contribution in [3.05, 3.63) is 23.9 Å². The third-order valence-corrected chi connectivity index (χ3v) is 3.24. The molecule has 2 heterocycles. The highest BCUT2D eigenvalue weighted by atomic mass is 16.5. The summed E-state index contributed by atoms with van der Waals surface area (Å²) in [5.41, 5.74) is 1.23. The summed E-state index contributed by atoms with van der Waals surface area (Å²) < 4.78 is 5.60. The van der Waals surface area contributed by atoms with Gasteiger partial charge in [-0.3, -0.25) is 0 Å². The van der Waals surface area contributed by atoms with Crippen LogP contribution >= 0.6 is 0 Å². The van der Waals surface area contributed by atoms with Crippen LogP contribution in [0.3, 0.4) is 0 Å². The molecule has 1 aromatic rings. The van der Waals surface area contributed by atoms with Crippen molar-refractivity contribution in [3.63, 3.8) is 0 Å². The lowest BCUT2D eigenvalue weighted by molar-refractivity contribution is 0.0927. The monoisotopic (exact) mass is 249 g/mol. The topological polar surface area (TPSA) is 37.4 Å². The Labute approximate surface area is 109 Å². The molecule has 4 heteroatoms. The summed E-state index contributed by atoms with van der Waals surface area (Å²) in [6, 6.07) is 4.97. The Kier molecular flexibility index (Phi) is 4.55. The lowest BCUT2D eigenvalue weighted by Gasteiger charge is -2.37. The first-order valence-electron chi connectivity index (χ1n) is 6.68. The highest BCUT2D eigenvalue weighted by molar-refractivity contribution is 5.47. The Morgan fingerprint density at radius 2 is 2.39 bits per heavy atom. The second kappa shape index (κ2) is 6.16. The van der Waals surface area contributed by atoms with E-state index < -0.39 is 0 Å². The van der Waals surface area contributed by atoms with Crippen LogP contribution in [0.25, 0.3) is 0 Å². The standard InChI is InChI=1S/C14H23N3O/c1-11(2)16-9-13-10-18-8-7-17(13)14-12(3)5-4-6-15-14/h4-6,11,13,16H,7-10H2,1-3H3. The van der Waals surface area contributed by atoms with E-state index in [4.69, 9.17) is 4.74 Å². The van der Waals surface area contributed by atoms with Gasteiger partial charge in [0, 0.05) is 25.3 Å². The molecule has 0 bridgehead atoms. The molecule has 2 rings (SSSR count). The summed E-state index contributed by atoms with van der Waals surface area (Å²) in [7, 11) is 0. The van der Waals surface area contributed by atoms with E-state index in [0.29, 0.717) is 12.1 Å². The van der Waals surface area contributed by atoms with Gasteiger partial charge in [0.1, 0.15) is 5.82 Å². The predicted octanol–water partition coefficient (Wildman–Crippen LogP) is 1.59. The molecule has 0 aromatic carbocycles. The van der Waals surface area contributed by atoms with Crippen molar-refractivity contribution in [2.24, 2.45) is 0 Å². The quantitative estimate of drug-likeness (QED) is 0.879. The second-order valence-corrected chi connectivity index (χ2v) is 5.13. The fraction of sp³-hybridized carbons (Fsp3) is 0.643. The van der Waals surface area contributed by atoms with E-state index in [0.717, 1.165) is 32.1 Å². The van der Waals surface area contributed by atoms with Gasteiger partial charge in [-0.1, -0.05) is 19.9 Å². The molecule has 1 fully saturated rings. The van der Waals surface area contributed by atoms with Gasteiger partial charge in [-0.15, -0.1) is 0 Å². The average molecular weight is 249 g/mol.